The van der Waals surface area contributed by atoms with Crippen LogP contribution in [0.15, 0.2) is 49.0 Å². The molecule has 3 aromatic rings. The highest BCUT2D eigenvalue weighted by Crippen LogP contribution is 2.30. The van der Waals surface area contributed by atoms with Gasteiger partial charge in [-0.3, -0.25) is 0 Å². The van der Waals surface area contributed by atoms with Gasteiger partial charge in [0.15, 0.2) is 0 Å². The highest BCUT2D eigenvalue weighted by Gasteiger charge is 2.08. The zero-order chi connectivity index (χ0) is 13.4. The molecular weight excluding hydrogens is 259 g/mol. The van der Waals surface area contributed by atoms with Gasteiger partial charge in [-0.25, -0.2) is 4.39 Å². The Labute approximate surface area is 116 Å². The molecule has 0 unspecified atom stereocenters. The van der Waals surface area contributed by atoms with E-state index in [1.165, 1.54) is 6.07 Å². The zero-order valence-electron chi connectivity index (χ0n) is 10.3. The molecule has 0 atom stereocenters. The molecule has 0 heterocycles. The molecule has 0 saturated heterocycles. The number of fused-ring (bicyclic) bond motifs is 2. The molecule has 19 heavy (non-hydrogen) atoms. The van der Waals surface area contributed by atoms with E-state index in [9.17, 15) is 4.39 Å². The topological polar surface area (TPSA) is 0 Å². The van der Waals surface area contributed by atoms with E-state index in [0.29, 0.717) is 11.3 Å². The molecule has 0 aliphatic heterocycles. The first-order valence-electron chi connectivity index (χ1n) is 6.07. The summed E-state index contributed by atoms with van der Waals surface area (Å²) >= 11 is 5.98. The van der Waals surface area contributed by atoms with Gasteiger partial charge in [-0.15, -0.1) is 11.6 Å². The molecule has 0 aliphatic rings. The largest absolute Gasteiger partial charge is 0.206 e. The van der Waals surface area contributed by atoms with Gasteiger partial charge < -0.3 is 0 Å². The summed E-state index contributed by atoms with van der Waals surface area (Å²) < 4.78 is 13.9. The Hall–Kier alpha value is -1.86. The van der Waals surface area contributed by atoms with Gasteiger partial charge in [0.25, 0.3) is 0 Å². The van der Waals surface area contributed by atoms with Crippen molar-refractivity contribution >= 4 is 39.2 Å². The maximum absolute atomic E-state index is 13.9. The summed E-state index contributed by atoms with van der Waals surface area (Å²) in [5, 5.41) is 3.57. The second kappa shape index (κ2) is 4.67. The van der Waals surface area contributed by atoms with E-state index in [1.54, 1.807) is 12.1 Å². The molecule has 0 spiro atoms. The predicted molar refractivity (Wildman–Crippen MR) is 81.1 cm³/mol. The Kier molecular flexibility index (Phi) is 3.00. The van der Waals surface area contributed by atoms with E-state index >= 15 is 0 Å². The van der Waals surface area contributed by atoms with Crippen molar-refractivity contribution in [3.05, 3.63) is 66.0 Å². The lowest BCUT2D eigenvalue weighted by Crippen LogP contribution is -1.88. The number of benzene rings is 3. The van der Waals surface area contributed by atoms with Crippen LogP contribution in [0, 0.1) is 5.82 Å². The van der Waals surface area contributed by atoms with Crippen molar-refractivity contribution in [1.29, 1.82) is 0 Å². The first-order chi connectivity index (χ1) is 9.24. The van der Waals surface area contributed by atoms with E-state index in [1.807, 2.05) is 30.3 Å². The van der Waals surface area contributed by atoms with E-state index in [4.69, 9.17) is 11.6 Å². The minimum absolute atomic E-state index is 0.203. The van der Waals surface area contributed by atoms with Crippen LogP contribution in [0.25, 0.3) is 27.6 Å². The Bertz CT molecular complexity index is 790. The van der Waals surface area contributed by atoms with E-state index in [2.05, 4.69) is 6.58 Å². The second-order valence-corrected chi connectivity index (χ2v) is 4.78. The third kappa shape index (κ3) is 1.91. The van der Waals surface area contributed by atoms with Crippen LogP contribution in [0.5, 0.6) is 0 Å². The number of alkyl halides is 1. The standard InChI is InChI=1S/C17H12ClF/c1-2-11-6-7-13(10-18)14-8-12-4-3-5-17(19)16(12)9-15(11)14/h2-9H,1,10H2. The maximum atomic E-state index is 13.9. The van der Waals surface area contributed by atoms with Crippen molar-refractivity contribution in [2.24, 2.45) is 0 Å². The van der Waals surface area contributed by atoms with Crippen molar-refractivity contribution in [2.45, 2.75) is 5.88 Å². The minimum Gasteiger partial charge on any atom is -0.206 e. The average molecular weight is 271 g/mol. The summed E-state index contributed by atoms with van der Waals surface area (Å²) in [6.07, 6.45) is 1.78. The van der Waals surface area contributed by atoms with Crippen LogP contribution in [0.2, 0.25) is 0 Å². The lowest BCUT2D eigenvalue weighted by atomic mass is 9.96. The van der Waals surface area contributed by atoms with Crippen molar-refractivity contribution in [1.82, 2.24) is 0 Å². The zero-order valence-corrected chi connectivity index (χ0v) is 11.0. The van der Waals surface area contributed by atoms with Gasteiger partial charge in [-0.2, -0.15) is 0 Å². The fraction of sp³-hybridized carbons (Fsp3) is 0.0588. The van der Waals surface area contributed by atoms with Gasteiger partial charge in [0.1, 0.15) is 5.82 Å². The average Bonchev–Trinajstić information content (AvgIpc) is 2.45. The molecule has 0 amide bonds. The van der Waals surface area contributed by atoms with Crippen LogP contribution in [-0.2, 0) is 5.88 Å². The normalized spacial score (nSPS) is 11.1. The predicted octanol–water partition coefficient (Wildman–Crippen LogP) is 5.51. The van der Waals surface area contributed by atoms with Crippen LogP contribution in [0.4, 0.5) is 4.39 Å². The van der Waals surface area contributed by atoms with Crippen LogP contribution in [0.1, 0.15) is 11.1 Å². The monoisotopic (exact) mass is 270 g/mol. The van der Waals surface area contributed by atoms with Gasteiger partial charge in [-0.1, -0.05) is 36.9 Å². The van der Waals surface area contributed by atoms with E-state index in [0.717, 1.165) is 27.3 Å². The van der Waals surface area contributed by atoms with Crippen molar-refractivity contribution in [3.8, 4) is 0 Å². The smallest absolute Gasteiger partial charge is 0.131 e. The molecule has 0 aromatic heterocycles. The fourth-order valence-electron chi connectivity index (χ4n) is 2.46. The molecule has 2 heteroatoms. The third-order valence-corrected chi connectivity index (χ3v) is 3.74. The molecule has 0 radical (unpaired) electrons. The third-order valence-electron chi connectivity index (χ3n) is 3.45. The molecule has 3 aromatic carbocycles. The number of hydrogen-bond acceptors (Lipinski definition) is 0. The molecule has 0 bridgehead atoms. The van der Waals surface area contributed by atoms with Crippen LogP contribution in [0.3, 0.4) is 0 Å². The summed E-state index contributed by atoms with van der Waals surface area (Å²) in [6, 6.07) is 13.0. The Morgan fingerprint density at radius 3 is 2.63 bits per heavy atom. The highest BCUT2D eigenvalue weighted by atomic mass is 35.5. The molecule has 94 valence electrons. The Morgan fingerprint density at radius 2 is 1.89 bits per heavy atom. The van der Waals surface area contributed by atoms with E-state index in [-0.39, 0.29) is 5.82 Å². The molecule has 0 nitrogen and oxygen atoms in total. The molecule has 0 fully saturated rings. The molecule has 0 aliphatic carbocycles. The summed E-state index contributed by atoms with van der Waals surface area (Å²) in [7, 11) is 0. The first kappa shape index (κ1) is 12.2. The highest BCUT2D eigenvalue weighted by molar-refractivity contribution is 6.18. The molecule has 3 rings (SSSR count). The lowest BCUT2D eigenvalue weighted by Gasteiger charge is -2.09. The van der Waals surface area contributed by atoms with Crippen LogP contribution < -0.4 is 0 Å². The Balaban J connectivity index is 2.52. The number of halogens is 2. The summed E-state index contributed by atoms with van der Waals surface area (Å²) in [6.45, 7) is 3.81. The molecule has 0 N–H and O–H groups in total. The van der Waals surface area contributed by atoms with Gasteiger partial charge in [0.2, 0.25) is 0 Å². The van der Waals surface area contributed by atoms with Gasteiger partial charge in [0.05, 0.1) is 0 Å². The summed E-state index contributed by atoms with van der Waals surface area (Å²) in [5.41, 5.74) is 2.04. The first-order valence-corrected chi connectivity index (χ1v) is 6.60. The van der Waals surface area contributed by atoms with E-state index < -0.39 is 0 Å². The summed E-state index contributed by atoms with van der Waals surface area (Å²) in [5.74, 6) is 0.236. The van der Waals surface area contributed by atoms with Gasteiger partial charge in [-0.05, 0) is 45.5 Å². The molecular formula is C17H12ClF. The fourth-order valence-corrected chi connectivity index (χ4v) is 2.69. The number of hydrogen-bond donors (Lipinski definition) is 0. The SMILES string of the molecule is C=Cc1ccc(CCl)c2cc3cccc(F)c3cc12. The summed E-state index contributed by atoms with van der Waals surface area (Å²) in [4.78, 5) is 0. The van der Waals surface area contributed by atoms with Crippen LogP contribution >= 0.6 is 11.6 Å². The number of rotatable bonds is 2. The Morgan fingerprint density at radius 1 is 1.05 bits per heavy atom. The minimum atomic E-state index is -0.203. The maximum Gasteiger partial charge on any atom is 0.131 e. The lowest BCUT2D eigenvalue weighted by molar-refractivity contribution is 0.640. The van der Waals surface area contributed by atoms with Crippen molar-refractivity contribution in [2.75, 3.05) is 0 Å². The van der Waals surface area contributed by atoms with Crippen molar-refractivity contribution in [3.63, 3.8) is 0 Å². The van der Waals surface area contributed by atoms with Crippen molar-refractivity contribution < 1.29 is 4.39 Å². The van der Waals surface area contributed by atoms with Gasteiger partial charge >= 0.3 is 0 Å². The van der Waals surface area contributed by atoms with Crippen LogP contribution in [-0.4, -0.2) is 0 Å². The van der Waals surface area contributed by atoms with Gasteiger partial charge in [0, 0.05) is 11.3 Å². The quantitative estimate of drug-likeness (QED) is 0.425. The second-order valence-electron chi connectivity index (χ2n) is 4.51. The molecule has 0 saturated carbocycles.